The number of likely N-dealkylation sites (tertiary alicyclic amines) is 1. The van der Waals surface area contributed by atoms with Gasteiger partial charge in [0.2, 0.25) is 0 Å². The summed E-state index contributed by atoms with van der Waals surface area (Å²) in [6.07, 6.45) is 0.928. The molecule has 0 spiro atoms. The Kier molecular flexibility index (Phi) is 7.17. The van der Waals surface area contributed by atoms with E-state index >= 15 is 8.78 Å². The molecule has 3 aromatic rings. The van der Waals surface area contributed by atoms with Crippen molar-refractivity contribution < 1.29 is 26.8 Å². The van der Waals surface area contributed by atoms with E-state index in [-0.39, 0.29) is 18.3 Å². The minimum atomic E-state index is -3.11. The summed E-state index contributed by atoms with van der Waals surface area (Å²) >= 11 is 0. The summed E-state index contributed by atoms with van der Waals surface area (Å²) in [6, 6.07) is 8.52. The molecular weight excluding hydrogens is 491 g/mol. The monoisotopic (exact) mass is 522 g/mol. The minimum absolute atomic E-state index is 0.00545. The number of rotatable bonds is 9. The number of aromatic nitrogens is 1. The van der Waals surface area contributed by atoms with Crippen LogP contribution in [0.1, 0.15) is 43.1 Å². The van der Waals surface area contributed by atoms with Gasteiger partial charge in [0.1, 0.15) is 24.3 Å². The van der Waals surface area contributed by atoms with Crippen molar-refractivity contribution in [3.63, 3.8) is 0 Å². The number of aromatic amines is 1. The molecule has 37 heavy (non-hydrogen) atoms. The van der Waals surface area contributed by atoms with Crippen molar-refractivity contribution in [2.45, 2.75) is 50.7 Å². The molecule has 0 amide bonds. The number of hydrogen-bond acceptors (Lipinski definition) is 4. The number of benzene rings is 2. The molecule has 0 bridgehead atoms. The lowest BCUT2D eigenvalue weighted by Gasteiger charge is -2.41. The van der Waals surface area contributed by atoms with Crippen LogP contribution < -0.4 is 5.32 Å². The van der Waals surface area contributed by atoms with Gasteiger partial charge in [-0.3, -0.25) is 14.1 Å². The van der Waals surface area contributed by atoms with Crippen molar-refractivity contribution >= 4 is 16.6 Å². The van der Waals surface area contributed by atoms with Crippen LogP contribution in [-0.2, 0) is 11.3 Å². The van der Waals surface area contributed by atoms with Crippen molar-refractivity contribution in [2.75, 3.05) is 38.2 Å². The predicted molar refractivity (Wildman–Crippen MR) is 133 cm³/mol. The molecule has 2 aromatic carbocycles. The second kappa shape index (κ2) is 10.2. The topological polar surface area (TPSA) is 43.5 Å². The van der Waals surface area contributed by atoms with E-state index in [4.69, 9.17) is 4.84 Å². The first-order chi connectivity index (χ1) is 17.6. The molecule has 200 valence electrons. The molecule has 5 rings (SSSR count). The number of halogens is 5. The van der Waals surface area contributed by atoms with Crippen LogP contribution in [0.3, 0.4) is 0 Å². The minimum Gasteiger partial charge on any atom is -0.380 e. The lowest BCUT2D eigenvalue weighted by atomic mass is 9.89. The van der Waals surface area contributed by atoms with Crippen LogP contribution in [0.2, 0.25) is 0 Å². The molecule has 3 heterocycles. The summed E-state index contributed by atoms with van der Waals surface area (Å²) in [4.78, 5) is 10.9. The normalized spacial score (nSPS) is 21.3. The smallest absolute Gasteiger partial charge is 0.270 e. The van der Waals surface area contributed by atoms with Gasteiger partial charge in [-0.05, 0) is 43.5 Å². The average Bonchev–Trinajstić information content (AvgIpc) is 3.17. The summed E-state index contributed by atoms with van der Waals surface area (Å²) in [7, 11) is 0. The van der Waals surface area contributed by atoms with Crippen LogP contribution in [-0.4, -0.2) is 65.9 Å². The molecule has 10 heteroatoms. The molecule has 1 saturated heterocycles. The number of H-pyrrole nitrogens is 1. The summed E-state index contributed by atoms with van der Waals surface area (Å²) in [5, 5.41) is 5.35. The number of hydrogen-bond donors (Lipinski definition) is 2. The molecule has 2 aliphatic heterocycles. The molecule has 0 saturated carbocycles. The highest BCUT2D eigenvalue weighted by molar-refractivity contribution is 5.85. The molecule has 1 aromatic heterocycles. The number of nitrogens with one attached hydrogen (secondary N) is 2. The second-order valence-electron chi connectivity index (χ2n) is 10.2. The molecule has 5 nitrogen and oxygen atoms in total. The fourth-order valence-corrected chi connectivity index (χ4v) is 5.39. The van der Waals surface area contributed by atoms with Gasteiger partial charge in [-0.25, -0.2) is 17.6 Å². The molecule has 2 N–H and O–H groups in total. The average molecular weight is 523 g/mol. The quantitative estimate of drug-likeness (QED) is 0.348. The highest BCUT2D eigenvalue weighted by Crippen LogP contribution is 2.43. The number of anilines is 1. The van der Waals surface area contributed by atoms with E-state index in [2.05, 4.69) is 15.2 Å². The first kappa shape index (κ1) is 25.9. The number of nitrogens with zero attached hydrogens (tertiary/aromatic N) is 2. The Morgan fingerprint density at radius 1 is 1.14 bits per heavy atom. The first-order valence-electron chi connectivity index (χ1n) is 12.6. The molecule has 0 radical (unpaired) electrons. The highest BCUT2D eigenvalue weighted by atomic mass is 19.3. The molecule has 2 atom stereocenters. The van der Waals surface area contributed by atoms with Crippen LogP contribution in [0.5, 0.6) is 0 Å². The summed E-state index contributed by atoms with van der Waals surface area (Å²) in [5.41, 5.74) is 2.25. The van der Waals surface area contributed by atoms with Crippen molar-refractivity contribution in [3.05, 3.63) is 64.9 Å². The standard InChI is InChI=1S/C27H31F5N4O/c1-16-10-20-19-6-3-4-7-23(19)34-25(20)26(36(16)37-15-27(2,31)32)24-21(29)11-17(12-22(24)30)33-18-13-35(14-18)9-5-8-28/h3-4,6-7,11-12,16,18,26,33-34H,5,8-10,13-15H2,1-2H3. The van der Waals surface area contributed by atoms with Gasteiger partial charge in [-0.1, -0.05) is 18.2 Å². The Labute approximate surface area is 212 Å². The van der Waals surface area contributed by atoms with Crippen LogP contribution >= 0.6 is 0 Å². The lowest BCUT2D eigenvalue weighted by Crippen LogP contribution is -2.54. The largest absolute Gasteiger partial charge is 0.380 e. The number of para-hydroxylation sites is 1. The maximum atomic E-state index is 15.7. The lowest BCUT2D eigenvalue weighted by molar-refractivity contribution is -0.244. The summed E-state index contributed by atoms with van der Waals surface area (Å²) in [6.45, 7) is 3.23. The van der Waals surface area contributed by atoms with E-state index in [1.807, 2.05) is 24.3 Å². The number of alkyl halides is 3. The highest BCUT2D eigenvalue weighted by Gasteiger charge is 2.41. The van der Waals surface area contributed by atoms with Crippen LogP contribution in [0.4, 0.5) is 27.6 Å². The Morgan fingerprint density at radius 2 is 1.84 bits per heavy atom. The van der Waals surface area contributed by atoms with E-state index in [0.717, 1.165) is 23.4 Å². The Bertz CT molecular complexity index is 1230. The zero-order valence-corrected chi connectivity index (χ0v) is 20.8. The zero-order valence-electron chi connectivity index (χ0n) is 20.8. The van der Waals surface area contributed by atoms with Crippen LogP contribution in [0, 0.1) is 11.6 Å². The van der Waals surface area contributed by atoms with Gasteiger partial charge in [-0.2, -0.15) is 5.06 Å². The number of fused-ring (bicyclic) bond motifs is 3. The van der Waals surface area contributed by atoms with Crippen LogP contribution in [0.25, 0.3) is 10.9 Å². The fourth-order valence-electron chi connectivity index (χ4n) is 5.39. The van der Waals surface area contributed by atoms with Gasteiger partial charge in [0, 0.05) is 60.4 Å². The third kappa shape index (κ3) is 5.32. The van der Waals surface area contributed by atoms with Crippen LogP contribution in [0.15, 0.2) is 36.4 Å². The third-order valence-corrected chi connectivity index (χ3v) is 7.06. The van der Waals surface area contributed by atoms with Gasteiger partial charge in [0.15, 0.2) is 0 Å². The maximum absolute atomic E-state index is 15.7. The van der Waals surface area contributed by atoms with E-state index in [0.29, 0.717) is 43.9 Å². The molecular formula is C27H31F5N4O. The molecule has 0 aliphatic carbocycles. The van der Waals surface area contributed by atoms with Gasteiger partial charge < -0.3 is 10.3 Å². The Balaban J connectivity index is 1.48. The van der Waals surface area contributed by atoms with Gasteiger partial charge >= 0.3 is 0 Å². The SMILES string of the molecule is CC1Cc2c([nH]c3ccccc23)C(c2c(F)cc(NC3CN(CCCF)C3)cc2F)N1OCC(C)(F)F. The van der Waals surface area contributed by atoms with E-state index in [1.54, 1.807) is 6.92 Å². The second-order valence-corrected chi connectivity index (χ2v) is 10.2. The summed E-state index contributed by atoms with van der Waals surface area (Å²) < 4.78 is 71.1. The van der Waals surface area contributed by atoms with E-state index < -0.39 is 36.2 Å². The van der Waals surface area contributed by atoms with Crippen molar-refractivity contribution in [2.24, 2.45) is 0 Å². The Hall–Kier alpha value is -2.69. The van der Waals surface area contributed by atoms with Gasteiger partial charge in [0.25, 0.3) is 5.92 Å². The molecule has 2 aliphatic rings. The van der Waals surface area contributed by atoms with E-state index in [9.17, 15) is 13.2 Å². The van der Waals surface area contributed by atoms with Crippen molar-refractivity contribution in [1.29, 1.82) is 0 Å². The van der Waals surface area contributed by atoms with Crippen molar-refractivity contribution in [1.82, 2.24) is 14.9 Å². The molecule has 2 unspecified atom stereocenters. The zero-order chi connectivity index (χ0) is 26.3. The fraction of sp³-hybridized carbons (Fsp3) is 0.481. The predicted octanol–water partition coefficient (Wildman–Crippen LogP) is 5.82. The maximum Gasteiger partial charge on any atom is 0.270 e. The van der Waals surface area contributed by atoms with E-state index in [1.165, 1.54) is 17.2 Å². The number of hydroxylamine groups is 2. The van der Waals surface area contributed by atoms with Gasteiger partial charge in [0.05, 0.1) is 12.7 Å². The summed E-state index contributed by atoms with van der Waals surface area (Å²) in [5.74, 6) is -4.70. The molecule has 1 fully saturated rings. The van der Waals surface area contributed by atoms with Crippen molar-refractivity contribution in [3.8, 4) is 0 Å². The third-order valence-electron chi connectivity index (χ3n) is 7.06. The first-order valence-corrected chi connectivity index (χ1v) is 12.6. The Morgan fingerprint density at radius 3 is 2.51 bits per heavy atom. The van der Waals surface area contributed by atoms with Gasteiger partial charge in [-0.15, -0.1) is 0 Å².